The molecular formula is C14H15N5O3. The first-order valence-corrected chi connectivity index (χ1v) is 6.83. The zero-order chi connectivity index (χ0) is 15.9. The smallest absolute Gasteiger partial charge is 0.273 e. The van der Waals surface area contributed by atoms with Crippen LogP contribution in [0.3, 0.4) is 0 Å². The molecular weight excluding hydrogens is 286 g/mol. The van der Waals surface area contributed by atoms with Gasteiger partial charge in [0.1, 0.15) is 23.6 Å². The van der Waals surface area contributed by atoms with E-state index in [1.807, 2.05) is 13.8 Å². The van der Waals surface area contributed by atoms with Crippen LogP contribution in [0.1, 0.15) is 24.2 Å². The van der Waals surface area contributed by atoms with Crippen molar-refractivity contribution in [3.63, 3.8) is 0 Å². The number of nitrogens with zero attached hydrogens (tertiary/aromatic N) is 4. The molecule has 0 bridgehead atoms. The Morgan fingerprint density at radius 3 is 2.82 bits per heavy atom. The normalized spacial score (nSPS) is 15.1. The fourth-order valence-electron chi connectivity index (χ4n) is 2.29. The summed E-state index contributed by atoms with van der Waals surface area (Å²) in [6, 6.07) is 0. The summed E-state index contributed by atoms with van der Waals surface area (Å²) < 4.78 is 5.51. The van der Waals surface area contributed by atoms with Crippen molar-refractivity contribution in [1.82, 2.24) is 15.0 Å². The van der Waals surface area contributed by atoms with E-state index >= 15 is 0 Å². The summed E-state index contributed by atoms with van der Waals surface area (Å²) in [6.07, 6.45) is 1.91. The molecule has 3 heterocycles. The molecule has 114 valence electrons. The molecule has 0 radical (unpaired) electrons. The van der Waals surface area contributed by atoms with Gasteiger partial charge >= 0.3 is 0 Å². The molecule has 3 rings (SSSR count). The summed E-state index contributed by atoms with van der Waals surface area (Å²) in [5.74, 6) is 0.623. The van der Waals surface area contributed by atoms with E-state index in [0.29, 0.717) is 29.1 Å². The molecule has 0 atom stereocenters. The number of aromatic nitrogens is 2. The van der Waals surface area contributed by atoms with Crippen LogP contribution in [0, 0.1) is 13.8 Å². The molecule has 0 saturated carbocycles. The van der Waals surface area contributed by atoms with Gasteiger partial charge in [-0.3, -0.25) is 9.59 Å². The Balaban J connectivity index is 1.92. The lowest BCUT2D eigenvalue weighted by Gasteiger charge is -2.18. The van der Waals surface area contributed by atoms with Crippen molar-refractivity contribution in [1.29, 1.82) is 0 Å². The lowest BCUT2D eigenvalue weighted by Crippen LogP contribution is -2.34. The van der Waals surface area contributed by atoms with Crippen molar-refractivity contribution in [2.75, 3.05) is 12.4 Å². The minimum absolute atomic E-state index is 0.109. The van der Waals surface area contributed by atoms with Gasteiger partial charge in [0, 0.05) is 25.5 Å². The molecule has 1 aliphatic heterocycles. The highest BCUT2D eigenvalue weighted by Gasteiger charge is 2.23. The average molecular weight is 301 g/mol. The molecule has 8 heteroatoms. The molecule has 1 aliphatic rings. The number of hydrazone groups is 1. The van der Waals surface area contributed by atoms with E-state index in [-0.39, 0.29) is 18.2 Å². The van der Waals surface area contributed by atoms with Gasteiger partial charge in [-0.25, -0.2) is 15.0 Å². The molecule has 0 fully saturated rings. The predicted molar refractivity (Wildman–Crippen MR) is 79.3 cm³/mol. The van der Waals surface area contributed by atoms with Crippen molar-refractivity contribution < 1.29 is 14.0 Å². The van der Waals surface area contributed by atoms with E-state index < -0.39 is 0 Å². The second-order valence-electron chi connectivity index (χ2n) is 5.10. The summed E-state index contributed by atoms with van der Waals surface area (Å²) in [4.78, 5) is 31.9. The lowest BCUT2D eigenvalue weighted by molar-refractivity contribution is -0.130. The zero-order valence-electron chi connectivity index (χ0n) is 12.5. The summed E-state index contributed by atoms with van der Waals surface area (Å²) in [5, 5.41) is 8.57. The van der Waals surface area contributed by atoms with Crippen molar-refractivity contribution in [3.8, 4) is 0 Å². The van der Waals surface area contributed by atoms with Crippen LogP contribution in [-0.4, -0.2) is 39.6 Å². The van der Waals surface area contributed by atoms with Gasteiger partial charge < -0.3 is 9.73 Å². The Morgan fingerprint density at radius 1 is 1.32 bits per heavy atom. The van der Waals surface area contributed by atoms with Gasteiger partial charge in [0.05, 0.1) is 5.39 Å². The molecule has 0 aromatic carbocycles. The molecule has 22 heavy (non-hydrogen) atoms. The molecule has 2 aromatic rings. The standard InChI is InChI=1S/C14H15N5O3/c1-7-8(2)22-14-11(7)12(15-6-16-14)17-13(21)9-4-5-10(20)19(3)18-9/h6H,4-5H2,1-3H3,(H,15,16,17,21). The van der Waals surface area contributed by atoms with Gasteiger partial charge in [-0.2, -0.15) is 5.10 Å². The largest absolute Gasteiger partial charge is 0.443 e. The topological polar surface area (TPSA) is 101 Å². The molecule has 2 amide bonds. The number of nitrogens with one attached hydrogen (secondary N) is 1. The molecule has 0 aliphatic carbocycles. The molecule has 1 N–H and O–H groups in total. The van der Waals surface area contributed by atoms with Crippen LogP contribution >= 0.6 is 0 Å². The van der Waals surface area contributed by atoms with E-state index in [2.05, 4.69) is 20.4 Å². The van der Waals surface area contributed by atoms with Crippen LogP contribution in [0.5, 0.6) is 0 Å². The monoisotopic (exact) mass is 301 g/mol. The molecule has 0 saturated heterocycles. The Bertz CT molecular complexity index is 808. The van der Waals surface area contributed by atoms with E-state index in [4.69, 9.17) is 4.42 Å². The minimum Gasteiger partial charge on any atom is -0.443 e. The second-order valence-corrected chi connectivity index (χ2v) is 5.10. The van der Waals surface area contributed by atoms with Gasteiger partial charge in [0.25, 0.3) is 5.91 Å². The Kier molecular flexibility index (Phi) is 3.36. The van der Waals surface area contributed by atoms with Gasteiger partial charge in [0.2, 0.25) is 11.6 Å². The Hall–Kier alpha value is -2.77. The van der Waals surface area contributed by atoms with E-state index in [9.17, 15) is 9.59 Å². The number of carbonyl (C=O) groups is 2. The average Bonchev–Trinajstić information content (AvgIpc) is 2.78. The first kappa shape index (κ1) is 14.2. The maximum Gasteiger partial charge on any atom is 0.273 e. The number of aryl methyl sites for hydroxylation is 2. The van der Waals surface area contributed by atoms with E-state index in [0.717, 1.165) is 11.3 Å². The third kappa shape index (κ3) is 2.32. The van der Waals surface area contributed by atoms with Gasteiger partial charge in [-0.15, -0.1) is 0 Å². The highest BCUT2D eigenvalue weighted by atomic mass is 16.3. The summed E-state index contributed by atoms with van der Waals surface area (Å²) in [6.45, 7) is 3.71. The Morgan fingerprint density at radius 2 is 2.09 bits per heavy atom. The van der Waals surface area contributed by atoms with Gasteiger partial charge in [-0.1, -0.05) is 0 Å². The fourth-order valence-corrected chi connectivity index (χ4v) is 2.29. The minimum atomic E-state index is -0.377. The summed E-state index contributed by atoms with van der Waals surface area (Å²) in [7, 11) is 1.53. The number of carbonyl (C=O) groups excluding carboxylic acids is 2. The van der Waals surface area contributed by atoms with E-state index in [1.54, 1.807) is 0 Å². The number of amides is 2. The van der Waals surface area contributed by atoms with Gasteiger partial charge in [-0.05, 0) is 13.8 Å². The number of hydrogen-bond acceptors (Lipinski definition) is 6. The fraction of sp³-hybridized carbons (Fsp3) is 0.357. The number of rotatable bonds is 2. The molecule has 0 spiro atoms. The number of fused-ring (bicyclic) bond motifs is 1. The van der Waals surface area contributed by atoms with Crippen LogP contribution in [0.15, 0.2) is 15.8 Å². The lowest BCUT2D eigenvalue weighted by atomic mass is 10.1. The second kappa shape index (κ2) is 5.21. The first-order chi connectivity index (χ1) is 10.5. The highest BCUT2D eigenvalue weighted by molar-refractivity contribution is 6.43. The maximum atomic E-state index is 12.3. The maximum absolute atomic E-state index is 12.3. The summed E-state index contributed by atoms with van der Waals surface area (Å²) >= 11 is 0. The van der Waals surface area contributed by atoms with Crippen molar-refractivity contribution in [2.45, 2.75) is 26.7 Å². The van der Waals surface area contributed by atoms with Crippen molar-refractivity contribution in [2.24, 2.45) is 5.10 Å². The number of anilines is 1. The summed E-state index contributed by atoms with van der Waals surface area (Å²) in [5.41, 5.74) is 1.61. The van der Waals surface area contributed by atoms with Crippen molar-refractivity contribution >= 4 is 34.4 Å². The number of furan rings is 1. The third-order valence-electron chi connectivity index (χ3n) is 3.67. The van der Waals surface area contributed by atoms with Crippen LogP contribution in [0.25, 0.3) is 11.1 Å². The third-order valence-corrected chi connectivity index (χ3v) is 3.67. The molecule has 8 nitrogen and oxygen atoms in total. The van der Waals surface area contributed by atoms with Crippen LogP contribution in [-0.2, 0) is 9.59 Å². The molecule has 2 aromatic heterocycles. The quantitative estimate of drug-likeness (QED) is 0.903. The number of hydrogen-bond donors (Lipinski definition) is 1. The van der Waals surface area contributed by atoms with Crippen LogP contribution in [0.2, 0.25) is 0 Å². The SMILES string of the molecule is Cc1oc2ncnc(NC(=O)C3=NN(C)C(=O)CC3)c2c1C. The van der Waals surface area contributed by atoms with Crippen LogP contribution in [0.4, 0.5) is 5.82 Å². The first-order valence-electron chi connectivity index (χ1n) is 6.83. The van der Waals surface area contributed by atoms with Crippen molar-refractivity contribution in [3.05, 3.63) is 17.7 Å². The van der Waals surface area contributed by atoms with Crippen LogP contribution < -0.4 is 5.32 Å². The van der Waals surface area contributed by atoms with Gasteiger partial charge in [0.15, 0.2) is 0 Å². The molecule has 0 unspecified atom stereocenters. The Labute approximate surface area is 126 Å². The predicted octanol–water partition coefficient (Wildman–Crippen LogP) is 1.39. The zero-order valence-corrected chi connectivity index (χ0v) is 12.5. The van der Waals surface area contributed by atoms with E-state index in [1.165, 1.54) is 18.4 Å². The highest BCUT2D eigenvalue weighted by Crippen LogP contribution is 2.28.